The fraction of sp³-hybridized carbons (Fsp3) is 0.0476. The molecule has 4 rings (SSSR count). The van der Waals surface area contributed by atoms with Crippen molar-refractivity contribution in [2.75, 3.05) is 18.1 Å². The molecule has 0 bridgehead atoms. The fourth-order valence-electron chi connectivity index (χ4n) is 3.08. The highest BCUT2D eigenvalue weighted by atomic mass is 35.5. The number of fused-ring (bicyclic) bond motifs is 1. The topological polar surface area (TPSA) is 93.2 Å². The number of carbonyl (C=O) groups excluding carboxylic acids is 1. The largest absolute Gasteiger partial charge is 0.436 e. The number of hydrogen-bond donors (Lipinski definition) is 3. The third-order valence-corrected chi connectivity index (χ3v) is 4.77. The normalized spacial score (nSPS) is 10.9. The van der Waals surface area contributed by atoms with E-state index in [9.17, 15) is 13.6 Å². The maximum absolute atomic E-state index is 14.4. The number of rotatable bonds is 4. The smallest absolute Gasteiger partial charge is 0.251 e. The number of nitrogens with zero attached hydrogens (tertiary/aromatic N) is 1. The number of benzene rings is 2. The lowest BCUT2D eigenvalue weighted by molar-refractivity contribution is 0.0963. The summed E-state index contributed by atoms with van der Waals surface area (Å²) in [6, 6.07) is 11.7. The van der Waals surface area contributed by atoms with Gasteiger partial charge in [-0.25, -0.2) is 9.37 Å². The van der Waals surface area contributed by atoms with Crippen LogP contribution < -0.4 is 16.4 Å². The van der Waals surface area contributed by atoms with Crippen molar-refractivity contribution in [3.63, 3.8) is 0 Å². The lowest BCUT2D eigenvalue weighted by Gasteiger charge is -2.07. The molecule has 0 atom stereocenters. The molecule has 0 aliphatic carbocycles. The molecular weight excluding hydrogens is 414 g/mol. The van der Waals surface area contributed by atoms with E-state index in [0.29, 0.717) is 22.2 Å². The Labute approximate surface area is 174 Å². The molecule has 0 saturated carbocycles. The van der Waals surface area contributed by atoms with Gasteiger partial charge in [-0.3, -0.25) is 4.79 Å². The Morgan fingerprint density at radius 1 is 1.17 bits per heavy atom. The molecule has 2 heterocycles. The van der Waals surface area contributed by atoms with Gasteiger partial charge in [-0.05, 0) is 30.3 Å². The first-order chi connectivity index (χ1) is 14.4. The summed E-state index contributed by atoms with van der Waals surface area (Å²) in [6.07, 6.45) is 0. The molecule has 0 fully saturated rings. The van der Waals surface area contributed by atoms with Crippen LogP contribution >= 0.6 is 11.6 Å². The molecule has 2 aromatic heterocycles. The molecule has 6 nitrogen and oxygen atoms in total. The van der Waals surface area contributed by atoms with Crippen LogP contribution in [0.3, 0.4) is 0 Å². The van der Waals surface area contributed by atoms with Crippen LogP contribution in [0, 0.1) is 11.8 Å². The Morgan fingerprint density at radius 2 is 1.97 bits per heavy atom. The number of aromatic nitrogens is 1. The number of carbonyl (C=O) groups is 1. The van der Waals surface area contributed by atoms with Gasteiger partial charge in [-0.2, -0.15) is 4.39 Å². The molecule has 0 aliphatic heterocycles. The average molecular weight is 429 g/mol. The van der Waals surface area contributed by atoms with E-state index < -0.39 is 11.8 Å². The number of hydrogen-bond acceptors (Lipinski definition) is 5. The van der Waals surface area contributed by atoms with Gasteiger partial charge in [0.15, 0.2) is 5.58 Å². The van der Waals surface area contributed by atoms with E-state index in [2.05, 4.69) is 15.6 Å². The van der Waals surface area contributed by atoms with Gasteiger partial charge in [-0.1, -0.05) is 23.7 Å². The molecule has 4 N–H and O–H groups in total. The molecule has 0 unspecified atom stereocenters. The van der Waals surface area contributed by atoms with Crippen molar-refractivity contribution in [2.45, 2.75) is 0 Å². The summed E-state index contributed by atoms with van der Waals surface area (Å²) in [5.74, 6) is -1.63. The van der Waals surface area contributed by atoms with Gasteiger partial charge >= 0.3 is 0 Å². The number of pyridine rings is 1. The molecule has 0 saturated heterocycles. The first-order valence-electron chi connectivity index (χ1n) is 8.80. The zero-order valence-electron chi connectivity index (χ0n) is 15.6. The quantitative estimate of drug-likeness (QED) is 0.393. The Bertz CT molecular complexity index is 1290. The average Bonchev–Trinajstić information content (AvgIpc) is 3.04. The number of amides is 1. The summed E-state index contributed by atoms with van der Waals surface area (Å²) in [4.78, 5) is 15.9. The van der Waals surface area contributed by atoms with Gasteiger partial charge in [0.2, 0.25) is 11.8 Å². The first kappa shape index (κ1) is 19.7. The van der Waals surface area contributed by atoms with Crippen molar-refractivity contribution in [1.29, 1.82) is 0 Å². The maximum Gasteiger partial charge on any atom is 0.251 e. The third-order valence-electron chi connectivity index (χ3n) is 4.48. The predicted molar refractivity (Wildman–Crippen MR) is 112 cm³/mol. The SMILES string of the molecule is CNC(=O)c1cccc(-c2nc(F)cc3c(Nc4ccc(F)c(Cl)c4)c(N)oc23)c1. The van der Waals surface area contributed by atoms with Gasteiger partial charge in [-0.15, -0.1) is 0 Å². The Hall–Kier alpha value is -3.65. The summed E-state index contributed by atoms with van der Waals surface area (Å²) in [7, 11) is 1.51. The van der Waals surface area contributed by atoms with E-state index >= 15 is 0 Å². The number of nitrogens with one attached hydrogen (secondary N) is 2. The second kappa shape index (κ2) is 7.64. The molecule has 4 aromatic rings. The van der Waals surface area contributed by atoms with Crippen molar-refractivity contribution in [2.24, 2.45) is 0 Å². The van der Waals surface area contributed by atoms with Crippen LogP contribution in [-0.2, 0) is 0 Å². The summed E-state index contributed by atoms with van der Waals surface area (Å²) < 4.78 is 33.5. The monoisotopic (exact) mass is 428 g/mol. The minimum atomic E-state index is -0.760. The second-order valence-electron chi connectivity index (χ2n) is 6.43. The fourth-order valence-corrected chi connectivity index (χ4v) is 3.26. The maximum atomic E-state index is 14.4. The predicted octanol–water partition coefficient (Wildman–Crippen LogP) is 5.11. The third kappa shape index (κ3) is 3.53. The van der Waals surface area contributed by atoms with Crippen LogP contribution in [0.5, 0.6) is 0 Å². The van der Waals surface area contributed by atoms with Gasteiger partial charge in [0.25, 0.3) is 5.91 Å². The summed E-state index contributed by atoms with van der Waals surface area (Å²) in [5, 5.41) is 5.77. The number of anilines is 3. The number of nitrogen functional groups attached to an aromatic ring is 1. The van der Waals surface area contributed by atoms with Crippen LogP contribution in [0.25, 0.3) is 22.2 Å². The highest BCUT2D eigenvalue weighted by molar-refractivity contribution is 6.31. The highest BCUT2D eigenvalue weighted by Crippen LogP contribution is 2.40. The zero-order chi connectivity index (χ0) is 21.4. The molecular formula is C21H15ClF2N4O2. The molecule has 0 aliphatic rings. The van der Waals surface area contributed by atoms with Gasteiger partial charge in [0, 0.05) is 29.9 Å². The van der Waals surface area contributed by atoms with Gasteiger partial charge in [0.05, 0.1) is 10.4 Å². The van der Waals surface area contributed by atoms with E-state index in [4.69, 9.17) is 21.8 Å². The lowest BCUT2D eigenvalue weighted by Crippen LogP contribution is -2.17. The summed E-state index contributed by atoms with van der Waals surface area (Å²) >= 11 is 5.82. The Balaban J connectivity index is 1.85. The Morgan fingerprint density at radius 3 is 2.70 bits per heavy atom. The van der Waals surface area contributed by atoms with E-state index in [1.165, 1.54) is 31.3 Å². The highest BCUT2D eigenvalue weighted by Gasteiger charge is 2.20. The van der Waals surface area contributed by atoms with E-state index in [1.54, 1.807) is 24.3 Å². The van der Waals surface area contributed by atoms with Crippen molar-refractivity contribution < 1.29 is 18.0 Å². The second-order valence-corrected chi connectivity index (χ2v) is 6.83. The van der Waals surface area contributed by atoms with Crippen molar-refractivity contribution in [3.8, 4) is 11.3 Å². The van der Waals surface area contributed by atoms with E-state index in [-0.39, 0.29) is 33.8 Å². The van der Waals surface area contributed by atoms with Crippen LogP contribution in [0.2, 0.25) is 5.02 Å². The standard InChI is InChI=1S/C21H15ClF2N4O2/c1-26-21(29)11-4-2-3-10(7-11)17-19-13(9-16(24)28-17)18(20(25)30-19)27-12-5-6-15(23)14(22)8-12/h2-9,27H,25H2,1H3,(H,26,29). The minimum absolute atomic E-state index is 0.0125. The van der Waals surface area contributed by atoms with Gasteiger partial charge < -0.3 is 20.8 Å². The molecule has 152 valence electrons. The lowest BCUT2D eigenvalue weighted by atomic mass is 10.1. The molecule has 0 spiro atoms. The molecule has 2 aromatic carbocycles. The number of nitrogens with two attached hydrogens (primary N) is 1. The van der Waals surface area contributed by atoms with Gasteiger partial charge in [0.1, 0.15) is 17.2 Å². The Kier molecular flexibility index (Phi) is 5.01. The van der Waals surface area contributed by atoms with Crippen molar-refractivity contribution >= 4 is 45.7 Å². The van der Waals surface area contributed by atoms with Crippen molar-refractivity contribution in [3.05, 3.63) is 70.9 Å². The van der Waals surface area contributed by atoms with E-state index in [1.807, 2.05) is 0 Å². The molecule has 0 radical (unpaired) electrons. The first-order valence-corrected chi connectivity index (χ1v) is 9.18. The number of halogens is 3. The van der Waals surface area contributed by atoms with Crippen molar-refractivity contribution in [1.82, 2.24) is 10.3 Å². The van der Waals surface area contributed by atoms with E-state index in [0.717, 1.165) is 0 Å². The van der Waals surface area contributed by atoms with Crippen LogP contribution in [-0.4, -0.2) is 17.9 Å². The molecule has 30 heavy (non-hydrogen) atoms. The molecule has 1 amide bonds. The van der Waals surface area contributed by atoms with Crippen LogP contribution in [0.1, 0.15) is 10.4 Å². The molecule has 9 heteroatoms. The number of furan rings is 1. The minimum Gasteiger partial charge on any atom is -0.436 e. The van der Waals surface area contributed by atoms with Crippen LogP contribution in [0.15, 0.2) is 52.9 Å². The summed E-state index contributed by atoms with van der Waals surface area (Å²) in [6.45, 7) is 0. The zero-order valence-corrected chi connectivity index (χ0v) is 16.3. The summed E-state index contributed by atoms with van der Waals surface area (Å²) in [5.41, 5.74) is 8.03. The van der Waals surface area contributed by atoms with Crippen LogP contribution in [0.4, 0.5) is 26.0 Å².